The topological polar surface area (TPSA) is 49.4 Å². The highest BCUT2D eigenvalue weighted by Crippen LogP contribution is 2.19. The van der Waals surface area contributed by atoms with E-state index in [1.54, 1.807) is 0 Å². The molecule has 1 N–H and O–H groups in total. The summed E-state index contributed by atoms with van der Waals surface area (Å²) < 4.78 is 0. The average molecular weight is 385 g/mol. The van der Waals surface area contributed by atoms with Gasteiger partial charge in [-0.25, -0.2) is 0 Å². The molecular weight excluding hydrogens is 360 g/mol. The minimum atomic E-state index is -0.0256. The van der Waals surface area contributed by atoms with E-state index in [0.29, 0.717) is 31.1 Å². The number of carbonyl (C=O) groups excluding carboxylic acids is 2. The van der Waals surface area contributed by atoms with E-state index < -0.39 is 0 Å². The van der Waals surface area contributed by atoms with Crippen LogP contribution in [0, 0.1) is 5.92 Å². The minimum absolute atomic E-state index is 0.0256. The summed E-state index contributed by atoms with van der Waals surface area (Å²) in [5.74, 6) is 0.213. The number of amides is 2. The molecule has 27 heavy (non-hydrogen) atoms. The maximum atomic E-state index is 12.4. The standard InChI is InChI=1S/C22H25ClN2O2/c23-20-8-4-7-18(15-20)16-24-22(27)19-11-13-25(14-12-19)21(26)10-9-17-5-2-1-3-6-17/h1-8,15,19H,9-14,16H2,(H,24,27). The van der Waals surface area contributed by atoms with Gasteiger partial charge in [0.15, 0.2) is 0 Å². The van der Waals surface area contributed by atoms with Gasteiger partial charge in [0.25, 0.3) is 0 Å². The Bertz CT molecular complexity index is 771. The molecule has 2 aromatic carbocycles. The van der Waals surface area contributed by atoms with Gasteiger partial charge in [-0.15, -0.1) is 0 Å². The number of likely N-dealkylation sites (tertiary alicyclic amines) is 1. The number of halogens is 1. The molecule has 2 amide bonds. The monoisotopic (exact) mass is 384 g/mol. The Kier molecular flexibility index (Phi) is 6.88. The van der Waals surface area contributed by atoms with Crippen LogP contribution in [0.15, 0.2) is 54.6 Å². The molecule has 1 aliphatic heterocycles. The summed E-state index contributed by atoms with van der Waals surface area (Å²) in [5.41, 5.74) is 2.17. The van der Waals surface area contributed by atoms with Crippen molar-refractivity contribution in [2.24, 2.45) is 5.92 Å². The Labute approximate surface area is 165 Å². The number of carbonyl (C=O) groups is 2. The lowest BCUT2D eigenvalue weighted by atomic mass is 9.95. The van der Waals surface area contributed by atoms with Gasteiger partial charge in [0, 0.05) is 37.0 Å². The maximum absolute atomic E-state index is 12.4. The number of hydrogen-bond acceptors (Lipinski definition) is 2. The maximum Gasteiger partial charge on any atom is 0.223 e. The smallest absolute Gasteiger partial charge is 0.223 e. The molecule has 2 aromatic rings. The summed E-state index contributed by atoms with van der Waals surface area (Å²) in [6.07, 6.45) is 2.73. The molecule has 0 spiro atoms. The van der Waals surface area contributed by atoms with E-state index in [4.69, 9.17) is 11.6 Å². The van der Waals surface area contributed by atoms with Crippen molar-refractivity contribution >= 4 is 23.4 Å². The summed E-state index contributed by atoms with van der Waals surface area (Å²) in [6, 6.07) is 17.6. The molecule has 0 radical (unpaired) electrons. The molecular formula is C22H25ClN2O2. The second kappa shape index (κ2) is 9.56. The highest BCUT2D eigenvalue weighted by atomic mass is 35.5. The molecule has 0 atom stereocenters. The van der Waals surface area contributed by atoms with Crippen molar-refractivity contribution in [3.63, 3.8) is 0 Å². The fourth-order valence-corrected chi connectivity index (χ4v) is 3.64. The van der Waals surface area contributed by atoms with E-state index >= 15 is 0 Å². The lowest BCUT2D eigenvalue weighted by molar-refractivity contribution is -0.135. The van der Waals surface area contributed by atoms with Gasteiger partial charge in [0.05, 0.1) is 0 Å². The van der Waals surface area contributed by atoms with Crippen LogP contribution >= 0.6 is 11.6 Å². The Balaban J connectivity index is 1.40. The zero-order valence-electron chi connectivity index (χ0n) is 15.4. The number of nitrogens with zero attached hydrogens (tertiary/aromatic N) is 1. The summed E-state index contributed by atoms with van der Waals surface area (Å²) in [5, 5.41) is 3.66. The minimum Gasteiger partial charge on any atom is -0.352 e. The lowest BCUT2D eigenvalue weighted by Gasteiger charge is -2.31. The largest absolute Gasteiger partial charge is 0.352 e. The van der Waals surface area contributed by atoms with Gasteiger partial charge in [0.1, 0.15) is 0 Å². The van der Waals surface area contributed by atoms with Crippen LogP contribution in [0.1, 0.15) is 30.4 Å². The Hall–Kier alpha value is -2.33. The number of benzene rings is 2. The van der Waals surface area contributed by atoms with Crippen molar-refractivity contribution in [1.29, 1.82) is 0 Å². The van der Waals surface area contributed by atoms with E-state index in [1.165, 1.54) is 5.56 Å². The third-order valence-corrected chi connectivity index (χ3v) is 5.28. The van der Waals surface area contributed by atoms with Crippen LogP contribution in [0.2, 0.25) is 5.02 Å². The van der Waals surface area contributed by atoms with E-state index in [1.807, 2.05) is 59.5 Å². The van der Waals surface area contributed by atoms with Gasteiger partial charge in [0.2, 0.25) is 11.8 Å². The highest BCUT2D eigenvalue weighted by Gasteiger charge is 2.26. The molecule has 1 saturated heterocycles. The summed E-state index contributed by atoms with van der Waals surface area (Å²) >= 11 is 5.97. The van der Waals surface area contributed by atoms with Crippen LogP contribution in [0.5, 0.6) is 0 Å². The van der Waals surface area contributed by atoms with Crippen LogP contribution < -0.4 is 5.32 Å². The molecule has 0 unspecified atom stereocenters. The number of aryl methyl sites for hydroxylation is 1. The lowest BCUT2D eigenvalue weighted by Crippen LogP contribution is -2.43. The first kappa shape index (κ1) is 19.4. The van der Waals surface area contributed by atoms with E-state index in [9.17, 15) is 9.59 Å². The zero-order valence-corrected chi connectivity index (χ0v) is 16.1. The molecule has 0 aromatic heterocycles. The summed E-state index contributed by atoms with van der Waals surface area (Å²) in [4.78, 5) is 26.7. The molecule has 5 heteroatoms. The van der Waals surface area contributed by atoms with Crippen molar-refractivity contribution in [2.75, 3.05) is 13.1 Å². The second-order valence-corrected chi connectivity index (χ2v) is 7.42. The van der Waals surface area contributed by atoms with Gasteiger partial charge >= 0.3 is 0 Å². The van der Waals surface area contributed by atoms with Crippen molar-refractivity contribution in [2.45, 2.75) is 32.2 Å². The fraction of sp³-hybridized carbons (Fsp3) is 0.364. The first-order chi connectivity index (χ1) is 13.1. The van der Waals surface area contributed by atoms with E-state index in [0.717, 1.165) is 24.8 Å². The first-order valence-corrected chi connectivity index (χ1v) is 9.83. The van der Waals surface area contributed by atoms with Gasteiger partial charge in [-0.2, -0.15) is 0 Å². The molecule has 1 heterocycles. The van der Waals surface area contributed by atoms with Gasteiger partial charge in [-0.1, -0.05) is 54.1 Å². The quantitative estimate of drug-likeness (QED) is 0.822. The van der Waals surface area contributed by atoms with Crippen molar-refractivity contribution in [3.05, 3.63) is 70.7 Å². The molecule has 3 rings (SSSR count). The molecule has 142 valence electrons. The van der Waals surface area contributed by atoms with Crippen molar-refractivity contribution in [3.8, 4) is 0 Å². The van der Waals surface area contributed by atoms with Crippen LogP contribution in [0.25, 0.3) is 0 Å². The molecule has 1 fully saturated rings. The van der Waals surface area contributed by atoms with Crippen LogP contribution in [0.3, 0.4) is 0 Å². The normalized spacial score (nSPS) is 14.8. The molecule has 1 aliphatic rings. The Morgan fingerprint density at radius 3 is 2.41 bits per heavy atom. The molecule has 0 bridgehead atoms. The molecule has 0 saturated carbocycles. The van der Waals surface area contributed by atoms with Crippen LogP contribution in [-0.4, -0.2) is 29.8 Å². The van der Waals surface area contributed by atoms with Crippen molar-refractivity contribution < 1.29 is 9.59 Å². The first-order valence-electron chi connectivity index (χ1n) is 9.45. The fourth-order valence-electron chi connectivity index (χ4n) is 3.43. The van der Waals surface area contributed by atoms with Gasteiger partial charge in [-0.05, 0) is 42.5 Å². The SMILES string of the molecule is O=C(NCc1cccc(Cl)c1)C1CCN(C(=O)CCc2ccccc2)CC1. The zero-order chi connectivity index (χ0) is 19.1. The highest BCUT2D eigenvalue weighted by molar-refractivity contribution is 6.30. The number of rotatable bonds is 6. The predicted octanol–water partition coefficient (Wildman–Crippen LogP) is 3.83. The van der Waals surface area contributed by atoms with E-state index in [2.05, 4.69) is 5.32 Å². The summed E-state index contributed by atoms with van der Waals surface area (Å²) in [6.45, 7) is 1.79. The van der Waals surface area contributed by atoms with Gasteiger partial charge in [-0.3, -0.25) is 9.59 Å². The van der Waals surface area contributed by atoms with Crippen LogP contribution in [0.4, 0.5) is 0 Å². The third-order valence-electron chi connectivity index (χ3n) is 5.04. The van der Waals surface area contributed by atoms with E-state index in [-0.39, 0.29) is 17.7 Å². The van der Waals surface area contributed by atoms with Gasteiger partial charge < -0.3 is 10.2 Å². The molecule has 4 nitrogen and oxygen atoms in total. The predicted molar refractivity (Wildman–Crippen MR) is 107 cm³/mol. The Morgan fingerprint density at radius 2 is 1.70 bits per heavy atom. The second-order valence-electron chi connectivity index (χ2n) is 6.99. The van der Waals surface area contributed by atoms with Crippen molar-refractivity contribution in [1.82, 2.24) is 10.2 Å². The third kappa shape index (κ3) is 5.83. The number of nitrogens with one attached hydrogen (secondary N) is 1. The average Bonchev–Trinajstić information content (AvgIpc) is 2.71. The number of hydrogen-bond donors (Lipinski definition) is 1. The Morgan fingerprint density at radius 1 is 1.00 bits per heavy atom. The molecule has 0 aliphatic carbocycles. The van der Waals surface area contributed by atoms with Crippen LogP contribution in [-0.2, 0) is 22.6 Å². The number of piperidine rings is 1. The summed E-state index contributed by atoms with van der Waals surface area (Å²) in [7, 11) is 0.